The number of nitriles is 1. The third-order valence-corrected chi connectivity index (χ3v) is 0.626. The minimum atomic E-state index is -1.04. The van der Waals surface area contributed by atoms with Gasteiger partial charge in [0.1, 0.15) is 6.79 Å². The van der Waals surface area contributed by atoms with Crippen molar-refractivity contribution in [1.29, 1.82) is 5.26 Å². The van der Waals surface area contributed by atoms with Crippen LogP contribution in [-0.2, 0) is 9.47 Å². The number of aliphatic hydroxyl groups excluding tert-OH is 1. The number of nitrogens with zero attached hydrogens (tertiary/aromatic N) is 1. The van der Waals surface area contributed by atoms with E-state index < -0.39 is 6.10 Å². The predicted molar refractivity (Wildman–Crippen MR) is 29.4 cm³/mol. The summed E-state index contributed by atoms with van der Waals surface area (Å²) in [5, 5.41) is 16.6. The van der Waals surface area contributed by atoms with Crippen molar-refractivity contribution in [2.75, 3.05) is 20.5 Å². The second-order valence-electron chi connectivity index (χ2n) is 1.42. The van der Waals surface area contributed by atoms with E-state index in [0.29, 0.717) is 0 Å². The molecule has 0 radical (unpaired) electrons. The van der Waals surface area contributed by atoms with Crippen LogP contribution in [-0.4, -0.2) is 31.7 Å². The van der Waals surface area contributed by atoms with Gasteiger partial charge in [0, 0.05) is 7.11 Å². The molecule has 1 N–H and O–H groups in total. The summed E-state index contributed by atoms with van der Waals surface area (Å²) >= 11 is 0. The number of rotatable bonds is 4. The second kappa shape index (κ2) is 5.51. The molecule has 1 unspecified atom stereocenters. The third kappa shape index (κ3) is 5.24. The molecule has 0 amide bonds. The summed E-state index contributed by atoms with van der Waals surface area (Å²) in [6, 6.07) is 1.60. The lowest BCUT2D eigenvalue weighted by Crippen LogP contribution is -2.13. The lowest BCUT2D eigenvalue weighted by Gasteiger charge is -2.01. The van der Waals surface area contributed by atoms with Gasteiger partial charge >= 0.3 is 0 Å². The molecule has 52 valence electrons. The van der Waals surface area contributed by atoms with Gasteiger partial charge in [0.15, 0.2) is 6.10 Å². The Hall–Kier alpha value is -0.630. The normalized spacial score (nSPS) is 12.6. The Morgan fingerprint density at radius 2 is 2.44 bits per heavy atom. The van der Waals surface area contributed by atoms with Crippen LogP contribution in [0.3, 0.4) is 0 Å². The number of ether oxygens (including phenoxy) is 2. The lowest BCUT2D eigenvalue weighted by atomic mass is 10.4. The van der Waals surface area contributed by atoms with E-state index in [2.05, 4.69) is 9.47 Å². The summed E-state index contributed by atoms with van der Waals surface area (Å²) in [5.41, 5.74) is 0. The third-order valence-electron chi connectivity index (χ3n) is 0.626. The Bertz CT molecular complexity index is 98.9. The van der Waals surface area contributed by atoms with E-state index in [0.717, 1.165) is 0 Å². The molecule has 1 atom stereocenters. The highest BCUT2D eigenvalue weighted by molar-refractivity contribution is 4.80. The van der Waals surface area contributed by atoms with Crippen molar-refractivity contribution in [2.24, 2.45) is 0 Å². The van der Waals surface area contributed by atoms with E-state index in [1.54, 1.807) is 6.07 Å². The average Bonchev–Trinajstić information content (AvgIpc) is 1.89. The van der Waals surface area contributed by atoms with Gasteiger partial charge in [0.25, 0.3) is 0 Å². The summed E-state index contributed by atoms with van der Waals surface area (Å²) in [5.74, 6) is 0. The Balaban J connectivity index is 2.99. The molecule has 0 aromatic carbocycles. The highest BCUT2D eigenvalue weighted by Crippen LogP contribution is 1.81. The van der Waals surface area contributed by atoms with Gasteiger partial charge in [-0.25, -0.2) is 0 Å². The summed E-state index contributed by atoms with van der Waals surface area (Å²) in [6.45, 7) is 0.114. The fraction of sp³-hybridized carbons (Fsp3) is 0.800. The highest BCUT2D eigenvalue weighted by atomic mass is 16.7. The molecule has 0 rings (SSSR count). The Morgan fingerprint density at radius 1 is 1.78 bits per heavy atom. The maximum absolute atomic E-state index is 8.54. The standard InChI is InChI=1S/C5H9NO3/c1-8-4-9-3-5(7)2-6/h5,7H,3-4H2,1H3. The largest absolute Gasteiger partial charge is 0.376 e. The molecule has 0 aromatic heterocycles. The fourth-order valence-corrected chi connectivity index (χ4v) is 0.280. The predicted octanol–water partition coefficient (Wildman–Crippen LogP) is -0.509. The number of hydrogen-bond acceptors (Lipinski definition) is 4. The summed E-state index contributed by atoms with van der Waals surface area (Å²) in [6.07, 6.45) is -1.04. The van der Waals surface area contributed by atoms with Gasteiger partial charge in [0.2, 0.25) is 0 Å². The SMILES string of the molecule is COCOCC(O)C#N. The first-order valence-corrected chi connectivity index (χ1v) is 2.45. The second-order valence-corrected chi connectivity index (χ2v) is 1.42. The molecule has 0 aliphatic heterocycles. The van der Waals surface area contributed by atoms with E-state index in [9.17, 15) is 0 Å². The molecule has 9 heavy (non-hydrogen) atoms. The first-order valence-electron chi connectivity index (χ1n) is 2.45. The first kappa shape index (κ1) is 8.37. The Labute approximate surface area is 53.6 Å². The molecule has 0 heterocycles. The van der Waals surface area contributed by atoms with Crippen LogP contribution in [0, 0.1) is 11.3 Å². The zero-order chi connectivity index (χ0) is 7.11. The number of aliphatic hydroxyl groups is 1. The zero-order valence-electron chi connectivity index (χ0n) is 5.20. The van der Waals surface area contributed by atoms with Crippen LogP contribution >= 0.6 is 0 Å². The average molecular weight is 131 g/mol. The van der Waals surface area contributed by atoms with Crippen molar-refractivity contribution in [3.8, 4) is 6.07 Å². The van der Waals surface area contributed by atoms with E-state index >= 15 is 0 Å². The molecule has 0 saturated heterocycles. The van der Waals surface area contributed by atoms with Crippen LogP contribution < -0.4 is 0 Å². The number of hydrogen-bond donors (Lipinski definition) is 1. The van der Waals surface area contributed by atoms with Crippen LogP contribution in [0.4, 0.5) is 0 Å². The topological polar surface area (TPSA) is 62.5 Å². The highest BCUT2D eigenvalue weighted by Gasteiger charge is 1.98. The summed E-state index contributed by atoms with van der Waals surface area (Å²) in [4.78, 5) is 0. The minimum Gasteiger partial charge on any atom is -0.376 e. The first-order chi connectivity index (χ1) is 4.31. The Morgan fingerprint density at radius 3 is 2.89 bits per heavy atom. The molecular formula is C5H9NO3. The van der Waals surface area contributed by atoms with E-state index in [4.69, 9.17) is 10.4 Å². The summed E-state index contributed by atoms with van der Waals surface area (Å²) in [7, 11) is 1.47. The van der Waals surface area contributed by atoms with Crippen LogP contribution in [0.25, 0.3) is 0 Å². The van der Waals surface area contributed by atoms with E-state index in [-0.39, 0.29) is 13.4 Å². The van der Waals surface area contributed by atoms with Crippen LogP contribution in [0.5, 0.6) is 0 Å². The van der Waals surface area contributed by atoms with Crippen molar-refractivity contribution in [2.45, 2.75) is 6.10 Å². The molecule has 0 spiro atoms. The van der Waals surface area contributed by atoms with E-state index in [1.807, 2.05) is 0 Å². The molecule has 0 aliphatic carbocycles. The molecule has 0 fully saturated rings. The van der Waals surface area contributed by atoms with Crippen molar-refractivity contribution in [3.63, 3.8) is 0 Å². The van der Waals surface area contributed by atoms with Crippen LogP contribution in [0.15, 0.2) is 0 Å². The fourth-order valence-electron chi connectivity index (χ4n) is 0.280. The summed E-state index contributed by atoms with van der Waals surface area (Å²) < 4.78 is 9.13. The van der Waals surface area contributed by atoms with Gasteiger partial charge in [-0.15, -0.1) is 0 Å². The van der Waals surface area contributed by atoms with Crippen molar-refractivity contribution in [1.82, 2.24) is 0 Å². The zero-order valence-corrected chi connectivity index (χ0v) is 5.20. The Kier molecular flexibility index (Phi) is 5.12. The molecule has 0 aromatic rings. The van der Waals surface area contributed by atoms with Crippen molar-refractivity contribution in [3.05, 3.63) is 0 Å². The smallest absolute Gasteiger partial charge is 0.163 e. The lowest BCUT2D eigenvalue weighted by molar-refractivity contribution is -0.0515. The van der Waals surface area contributed by atoms with Crippen molar-refractivity contribution < 1.29 is 14.6 Å². The molecule has 0 aliphatic rings. The number of methoxy groups -OCH3 is 1. The maximum Gasteiger partial charge on any atom is 0.163 e. The van der Waals surface area contributed by atoms with Gasteiger partial charge in [-0.3, -0.25) is 0 Å². The minimum absolute atomic E-state index is 0.00431. The van der Waals surface area contributed by atoms with Gasteiger partial charge in [-0.05, 0) is 0 Å². The molecule has 4 nitrogen and oxygen atoms in total. The van der Waals surface area contributed by atoms with Gasteiger partial charge in [-0.1, -0.05) is 0 Å². The molecule has 0 saturated carbocycles. The monoisotopic (exact) mass is 131 g/mol. The molecule has 4 heteroatoms. The quantitative estimate of drug-likeness (QED) is 0.317. The van der Waals surface area contributed by atoms with Gasteiger partial charge in [0.05, 0.1) is 12.7 Å². The van der Waals surface area contributed by atoms with Gasteiger partial charge < -0.3 is 14.6 Å². The van der Waals surface area contributed by atoms with Crippen LogP contribution in [0.1, 0.15) is 0 Å². The molecular weight excluding hydrogens is 122 g/mol. The van der Waals surface area contributed by atoms with Gasteiger partial charge in [-0.2, -0.15) is 5.26 Å². The van der Waals surface area contributed by atoms with Crippen LogP contribution in [0.2, 0.25) is 0 Å². The molecule has 0 bridgehead atoms. The van der Waals surface area contributed by atoms with E-state index in [1.165, 1.54) is 7.11 Å². The van der Waals surface area contributed by atoms with Crippen molar-refractivity contribution >= 4 is 0 Å². The maximum atomic E-state index is 8.54.